The number of ether oxygens (including phenoxy) is 6. The Hall–Kier alpha value is 0.200. The van der Waals surface area contributed by atoms with Crippen LogP contribution in [0.5, 0.6) is 0 Å². The molecule has 4 rings (SSSR count). The van der Waals surface area contributed by atoms with Crippen LogP contribution in [0.25, 0.3) is 0 Å². The summed E-state index contributed by atoms with van der Waals surface area (Å²) in [5.41, 5.74) is -1.44. The highest BCUT2D eigenvalue weighted by Crippen LogP contribution is 2.86. The molecule has 0 radical (unpaired) electrons. The molecule has 1 aromatic carbocycles. The van der Waals surface area contributed by atoms with Gasteiger partial charge in [0.1, 0.15) is 40.1 Å². The molecule has 79 heavy (non-hydrogen) atoms. The quantitative estimate of drug-likeness (QED) is 0.0136. The number of nitrogens with zero attached hydrogens (tertiary/aromatic N) is 2. The zero-order chi connectivity index (χ0) is 59.5. The normalized spacial score (nSPS) is 16.8. The van der Waals surface area contributed by atoms with E-state index in [1.807, 2.05) is 62.4 Å². The van der Waals surface area contributed by atoms with Crippen molar-refractivity contribution in [3.8, 4) is 0 Å². The predicted molar refractivity (Wildman–Crippen MR) is 349 cm³/mol. The van der Waals surface area contributed by atoms with Crippen LogP contribution in [0.4, 0.5) is 0 Å². The van der Waals surface area contributed by atoms with Gasteiger partial charge in [-0.2, -0.15) is 0 Å². The molecular weight excluding hydrogens is 1410 g/mol. The lowest BCUT2D eigenvalue weighted by Crippen LogP contribution is -2.43. The SMILES string of the molecule is CC(C)(CC(Br)c1ccccc1)C(=O)OCCSSCCOC(=O)C(C)(C)CC(C)(Br)C(=O)ON1C(=O)CCC1=O.CC(C)(CC(C)(Br)C(=O)OCCOC1CCCCO1)C(=O)OCCSSc1ccccn1.PP(P)P(P)P. The van der Waals surface area contributed by atoms with E-state index in [9.17, 15) is 33.6 Å². The predicted octanol–water partition coefficient (Wildman–Crippen LogP) is 14.2. The molecule has 8 atom stereocenters. The van der Waals surface area contributed by atoms with Gasteiger partial charge in [-0.1, -0.05) is 117 Å². The van der Waals surface area contributed by atoms with Gasteiger partial charge in [0.15, 0.2) is 6.29 Å². The molecule has 3 heterocycles. The zero-order valence-corrected chi connectivity index (χ0v) is 60.4. The number of amides is 2. The van der Waals surface area contributed by atoms with Crippen molar-refractivity contribution < 1.29 is 66.8 Å². The lowest BCUT2D eigenvalue weighted by molar-refractivity contribution is -0.199. The third kappa shape index (κ3) is 30.4. The van der Waals surface area contributed by atoms with Gasteiger partial charge in [0.05, 0.1) is 22.9 Å². The third-order valence-corrected chi connectivity index (χ3v) is 39.1. The van der Waals surface area contributed by atoms with Crippen molar-refractivity contribution in [2.45, 2.75) is 132 Å². The van der Waals surface area contributed by atoms with Crippen LogP contribution in [0.1, 0.15) is 117 Å². The molecule has 2 fully saturated rings. The van der Waals surface area contributed by atoms with E-state index < -0.39 is 54.6 Å². The Labute approximate surface area is 519 Å². The number of halogens is 3. The summed E-state index contributed by atoms with van der Waals surface area (Å²) in [5.74, 6) is -1.76. The Morgan fingerprint density at radius 3 is 1.62 bits per heavy atom. The van der Waals surface area contributed by atoms with E-state index in [4.69, 9.17) is 33.3 Å². The number of benzene rings is 1. The number of pyridine rings is 1. The minimum absolute atomic E-state index is 0.00444. The molecule has 0 spiro atoms. The van der Waals surface area contributed by atoms with Crippen molar-refractivity contribution in [1.82, 2.24) is 10.0 Å². The zero-order valence-electron chi connectivity index (χ0n) is 46.0. The highest BCUT2D eigenvalue weighted by atomic mass is 79.9. The molecule has 0 saturated carbocycles. The van der Waals surface area contributed by atoms with E-state index >= 15 is 0 Å². The summed E-state index contributed by atoms with van der Waals surface area (Å²) < 4.78 is 30.4. The molecule has 0 N–H and O–H groups in total. The maximum absolute atomic E-state index is 12.7. The first-order valence-corrected chi connectivity index (χ1v) is 42.2. The first-order chi connectivity index (χ1) is 36.9. The lowest BCUT2D eigenvalue weighted by Gasteiger charge is -2.30. The molecule has 2 saturated heterocycles. The molecule has 2 amide bonds. The molecule has 0 bridgehead atoms. The fourth-order valence-corrected chi connectivity index (χ4v) is 13.2. The number of aromatic nitrogens is 1. The molecular formula is C50H77Br3N2O14P6S4. The van der Waals surface area contributed by atoms with Crippen molar-refractivity contribution in [2.24, 2.45) is 16.2 Å². The van der Waals surface area contributed by atoms with Crippen LogP contribution in [0.15, 0.2) is 59.8 Å². The minimum Gasteiger partial charge on any atom is -0.464 e. The van der Waals surface area contributed by atoms with Crippen LogP contribution in [0.3, 0.4) is 0 Å². The number of alkyl halides is 3. The standard InChI is InChI=1S/C28H37Br2NO8S2.C22H32BrNO6S2.H8P6/c1-26(2,17-20(29)19-9-7-6-8-10-19)23(34)37-13-15-40-41-16-14-38-24(35)27(3,4)18-28(5,30)25(36)39-31-21(32)11-12-22(31)33;1-21(2,19(25)30-14-15-31-32-17-8-4-6-10-24-17)16-22(3,23)20(26)29-13-12-28-18-9-5-7-11-27-18;1-5(2)6(3)4/h6-10,20H,11-18H2,1-5H3;4,6,8,10,18H,5,7,9,11-16H2,1-3H3;1-4H2. The van der Waals surface area contributed by atoms with Crippen molar-refractivity contribution >= 4 is 182 Å². The van der Waals surface area contributed by atoms with E-state index in [-0.39, 0.29) is 95.7 Å². The maximum Gasteiger partial charge on any atom is 0.349 e. The first-order valence-electron chi connectivity index (χ1n) is 25.0. The second kappa shape index (κ2) is 38.4. The number of imide groups is 1. The Morgan fingerprint density at radius 2 is 1.14 bits per heavy atom. The first kappa shape index (κ1) is 75.3. The van der Waals surface area contributed by atoms with Crippen LogP contribution in [0.2, 0.25) is 0 Å². The second-order valence-electron chi connectivity index (χ2n) is 20.1. The highest BCUT2D eigenvalue weighted by Gasteiger charge is 2.46. The van der Waals surface area contributed by atoms with Crippen LogP contribution >= 0.6 is 141 Å². The number of esters is 4. The lowest BCUT2D eigenvalue weighted by atomic mass is 9.83. The topological polar surface area (TPSA) is 200 Å². The van der Waals surface area contributed by atoms with Crippen molar-refractivity contribution in [2.75, 3.05) is 56.9 Å². The second-order valence-corrected chi connectivity index (χ2v) is 49.6. The summed E-state index contributed by atoms with van der Waals surface area (Å²) in [6.07, 6.45) is 5.37. The molecule has 2 aliphatic heterocycles. The Balaban J connectivity index is 0.000000500. The van der Waals surface area contributed by atoms with E-state index in [2.05, 4.69) is 88.5 Å². The van der Waals surface area contributed by atoms with E-state index in [1.165, 1.54) is 39.3 Å². The van der Waals surface area contributed by atoms with E-state index in [0.717, 1.165) is 29.9 Å². The minimum atomic E-state index is -1.33. The van der Waals surface area contributed by atoms with Gasteiger partial charge in [-0.05, 0) is 136 Å². The average Bonchev–Trinajstić information content (AvgIpc) is 3.70. The van der Waals surface area contributed by atoms with Gasteiger partial charge in [-0.15, -0.1) is 40.8 Å². The fraction of sp³-hybridized carbons (Fsp3) is 0.640. The van der Waals surface area contributed by atoms with Crippen LogP contribution < -0.4 is 0 Å². The van der Waals surface area contributed by atoms with Crippen molar-refractivity contribution in [1.29, 1.82) is 0 Å². The number of hydrogen-bond donors (Lipinski definition) is 0. The molecule has 2 aliphatic rings. The van der Waals surface area contributed by atoms with Gasteiger partial charge in [0.2, 0.25) is 0 Å². The Bertz CT molecular complexity index is 2210. The van der Waals surface area contributed by atoms with Gasteiger partial charge in [-0.25, -0.2) is 9.78 Å². The average molecular weight is 1480 g/mol. The maximum atomic E-state index is 12.7. The number of hydrogen-bond acceptors (Lipinski definition) is 19. The smallest absolute Gasteiger partial charge is 0.349 e. The van der Waals surface area contributed by atoms with Gasteiger partial charge in [0, 0.05) is 47.7 Å². The molecule has 0 aliphatic carbocycles. The molecule has 2 aromatic rings. The van der Waals surface area contributed by atoms with E-state index in [0.29, 0.717) is 35.3 Å². The molecule has 8 unspecified atom stereocenters. The van der Waals surface area contributed by atoms with Gasteiger partial charge in [0.25, 0.3) is 11.8 Å². The third-order valence-electron chi connectivity index (χ3n) is 11.2. The largest absolute Gasteiger partial charge is 0.464 e. The van der Waals surface area contributed by atoms with Crippen molar-refractivity contribution in [3.63, 3.8) is 0 Å². The van der Waals surface area contributed by atoms with E-state index in [1.54, 1.807) is 51.6 Å². The Kier molecular flexibility index (Phi) is 36.6. The summed E-state index contributed by atoms with van der Waals surface area (Å²) in [6, 6.07) is 15.7. The fourth-order valence-electron chi connectivity index (χ4n) is 7.11. The monoisotopic (exact) mass is 1480 g/mol. The molecule has 16 nitrogen and oxygen atoms in total. The summed E-state index contributed by atoms with van der Waals surface area (Å²) in [6.45, 7) is 16.0. The molecule has 1 aromatic heterocycles. The van der Waals surface area contributed by atoms with Gasteiger partial charge < -0.3 is 33.3 Å². The summed E-state index contributed by atoms with van der Waals surface area (Å²) in [4.78, 5) is 95.7. The van der Waals surface area contributed by atoms with Gasteiger partial charge >= 0.3 is 29.8 Å². The van der Waals surface area contributed by atoms with Crippen molar-refractivity contribution in [3.05, 3.63) is 60.3 Å². The summed E-state index contributed by atoms with van der Waals surface area (Å²) in [5, 5.41) is 1.39. The van der Waals surface area contributed by atoms with Crippen LogP contribution in [0, 0.1) is 16.2 Å². The van der Waals surface area contributed by atoms with Crippen LogP contribution in [-0.4, -0.2) is 124 Å². The highest BCUT2D eigenvalue weighted by molar-refractivity contribution is 9.10. The van der Waals surface area contributed by atoms with Gasteiger partial charge in [-0.3, -0.25) is 28.8 Å². The summed E-state index contributed by atoms with van der Waals surface area (Å²) in [7, 11) is 17.3. The number of carbonyl (C=O) groups excluding carboxylic acids is 7. The Morgan fingerprint density at radius 1 is 0.658 bits per heavy atom. The number of hydroxylamine groups is 2. The van der Waals surface area contributed by atoms with Crippen LogP contribution in [-0.2, 0) is 66.8 Å². The number of rotatable bonds is 30. The molecule has 446 valence electrons. The summed E-state index contributed by atoms with van der Waals surface area (Å²) >= 11 is 10.4. The molecule has 29 heteroatoms. The number of carbonyl (C=O) groups is 7.